The summed E-state index contributed by atoms with van der Waals surface area (Å²) in [5.74, 6) is 2.49. The summed E-state index contributed by atoms with van der Waals surface area (Å²) >= 11 is 0. The van der Waals surface area contributed by atoms with Crippen LogP contribution in [0.25, 0.3) is 0 Å². The Hall–Kier alpha value is -1.63. The van der Waals surface area contributed by atoms with Crippen molar-refractivity contribution in [3.05, 3.63) is 11.6 Å². The molecule has 0 aliphatic carbocycles. The summed E-state index contributed by atoms with van der Waals surface area (Å²) in [5.41, 5.74) is 0. The average molecular weight is 335 g/mol. The first-order chi connectivity index (χ1) is 11.7. The molecule has 0 unspecified atom stereocenters. The first-order valence-corrected chi connectivity index (χ1v) is 9.21. The van der Waals surface area contributed by atoms with Crippen molar-refractivity contribution in [2.24, 2.45) is 7.05 Å². The van der Waals surface area contributed by atoms with E-state index >= 15 is 0 Å². The standard InChI is InChI=1S/C17H29N5O2/c1-3-12-24-17(23)22-10-6-14(7-11-22)16-19-18-15(20(16)2)13-21-8-4-5-9-21/h14H,3-13H2,1-2H3. The molecular formula is C17H29N5O2. The second kappa shape index (κ2) is 7.96. The molecule has 2 fully saturated rings. The fraction of sp³-hybridized carbons (Fsp3) is 0.824. The van der Waals surface area contributed by atoms with Gasteiger partial charge in [-0.25, -0.2) is 4.79 Å². The van der Waals surface area contributed by atoms with Crippen molar-refractivity contribution in [2.45, 2.75) is 51.5 Å². The van der Waals surface area contributed by atoms with E-state index in [0.29, 0.717) is 12.5 Å². The number of rotatable bonds is 5. The molecule has 7 nitrogen and oxygen atoms in total. The van der Waals surface area contributed by atoms with Gasteiger partial charge in [0.05, 0.1) is 13.2 Å². The van der Waals surface area contributed by atoms with E-state index < -0.39 is 0 Å². The molecule has 24 heavy (non-hydrogen) atoms. The van der Waals surface area contributed by atoms with Crippen LogP contribution in [0.2, 0.25) is 0 Å². The predicted octanol–water partition coefficient (Wildman–Crippen LogP) is 2.14. The fourth-order valence-electron chi connectivity index (χ4n) is 3.61. The zero-order chi connectivity index (χ0) is 16.9. The predicted molar refractivity (Wildman–Crippen MR) is 90.7 cm³/mol. The average Bonchev–Trinajstić information content (AvgIpc) is 3.24. The van der Waals surface area contributed by atoms with E-state index in [1.165, 1.54) is 25.9 Å². The first kappa shape index (κ1) is 17.2. The van der Waals surface area contributed by atoms with Gasteiger partial charge in [-0.3, -0.25) is 4.90 Å². The third-order valence-electron chi connectivity index (χ3n) is 5.11. The number of likely N-dealkylation sites (tertiary alicyclic amines) is 2. The van der Waals surface area contributed by atoms with Gasteiger partial charge in [-0.2, -0.15) is 0 Å². The SMILES string of the molecule is CCCOC(=O)N1CCC(c2nnc(CN3CCCC3)n2C)CC1. The molecule has 1 aromatic rings. The van der Waals surface area contributed by atoms with Crippen LogP contribution in [0.3, 0.4) is 0 Å². The van der Waals surface area contributed by atoms with Crippen LogP contribution < -0.4 is 0 Å². The summed E-state index contributed by atoms with van der Waals surface area (Å²) in [6.07, 6.45) is 5.12. The molecule has 7 heteroatoms. The molecule has 0 atom stereocenters. The van der Waals surface area contributed by atoms with Gasteiger partial charge < -0.3 is 14.2 Å². The summed E-state index contributed by atoms with van der Waals surface area (Å²) in [6, 6.07) is 0. The van der Waals surface area contributed by atoms with E-state index in [0.717, 1.165) is 50.5 Å². The maximum Gasteiger partial charge on any atom is 0.409 e. The maximum absolute atomic E-state index is 11.9. The zero-order valence-corrected chi connectivity index (χ0v) is 14.9. The second-order valence-corrected chi connectivity index (χ2v) is 6.89. The van der Waals surface area contributed by atoms with Gasteiger partial charge in [-0.1, -0.05) is 6.92 Å². The number of carbonyl (C=O) groups is 1. The van der Waals surface area contributed by atoms with E-state index in [1.807, 2.05) is 11.8 Å². The second-order valence-electron chi connectivity index (χ2n) is 6.89. The molecule has 1 amide bonds. The molecule has 0 radical (unpaired) electrons. The molecule has 0 spiro atoms. The lowest BCUT2D eigenvalue weighted by atomic mass is 9.96. The molecule has 2 aliphatic rings. The minimum Gasteiger partial charge on any atom is -0.449 e. The lowest BCUT2D eigenvalue weighted by Gasteiger charge is -2.30. The molecule has 3 heterocycles. The lowest BCUT2D eigenvalue weighted by Crippen LogP contribution is -2.38. The number of piperidine rings is 1. The van der Waals surface area contributed by atoms with E-state index in [9.17, 15) is 4.79 Å². The smallest absolute Gasteiger partial charge is 0.409 e. The van der Waals surface area contributed by atoms with Crippen LogP contribution in [0.5, 0.6) is 0 Å². The van der Waals surface area contributed by atoms with Gasteiger partial charge in [0.1, 0.15) is 11.6 Å². The van der Waals surface area contributed by atoms with Crippen molar-refractivity contribution in [1.82, 2.24) is 24.6 Å². The Balaban J connectivity index is 1.54. The lowest BCUT2D eigenvalue weighted by molar-refractivity contribution is 0.0921. The van der Waals surface area contributed by atoms with Gasteiger partial charge in [0.2, 0.25) is 0 Å². The van der Waals surface area contributed by atoms with Crippen molar-refractivity contribution in [1.29, 1.82) is 0 Å². The normalized spacial score (nSPS) is 19.8. The molecule has 0 N–H and O–H groups in total. The quantitative estimate of drug-likeness (QED) is 0.825. The van der Waals surface area contributed by atoms with Gasteiger partial charge in [0, 0.05) is 26.1 Å². The summed E-state index contributed by atoms with van der Waals surface area (Å²) in [5, 5.41) is 8.87. The number of nitrogens with zero attached hydrogens (tertiary/aromatic N) is 5. The van der Waals surface area contributed by atoms with Crippen LogP contribution in [0.1, 0.15) is 56.6 Å². The van der Waals surface area contributed by atoms with Gasteiger partial charge >= 0.3 is 6.09 Å². The van der Waals surface area contributed by atoms with Crippen LogP contribution in [0.15, 0.2) is 0 Å². The Bertz CT molecular complexity index is 545. The molecule has 1 aromatic heterocycles. The fourth-order valence-corrected chi connectivity index (χ4v) is 3.61. The Morgan fingerprint density at radius 3 is 2.54 bits per heavy atom. The van der Waals surface area contributed by atoms with Gasteiger partial charge in [-0.05, 0) is 45.2 Å². The van der Waals surface area contributed by atoms with E-state index in [1.54, 1.807) is 0 Å². The molecule has 2 saturated heterocycles. The Morgan fingerprint density at radius 1 is 1.17 bits per heavy atom. The third-order valence-corrected chi connectivity index (χ3v) is 5.11. The molecule has 0 aromatic carbocycles. The van der Waals surface area contributed by atoms with E-state index in [-0.39, 0.29) is 6.09 Å². The minimum absolute atomic E-state index is 0.178. The van der Waals surface area contributed by atoms with E-state index in [2.05, 4.69) is 26.7 Å². The van der Waals surface area contributed by atoms with Crippen molar-refractivity contribution in [2.75, 3.05) is 32.8 Å². The number of hydrogen-bond donors (Lipinski definition) is 0. The Labute approximate surface area is 144 Å². The van der Waals surface area contributed by atoms with Crippen molar-refractivity contribution >= 4 is 6.09 Å². The highest BCUT2D eigenvalue weighted by Crippen LogP contribution is 2.27. The number of ether oxygens (including phenoxy) is 1. The molecule has 134 valence electrons. The highest BCUT2D eigenvalue weighted by molar-refractivity contribution is 5.67. The van der Waals surface area contributed by atoms with Gasteiger partial charge in [-0.15, -0.1) is 10.2 Å². The summed E-state index contributed by atoms with van der Waals surface area (Å²) in [6.45, 7) is 7.21. The monoisotopic (exact) mass is 335 g/mol. The van der Waals surface area contributed by atoms with Crippen LogP contribution in [-0.2, 0) is 18.3 Å². The van der Waals surface area contributed by atoms with Crippen molar-refractivity contribution < 1.29 is 9.53 Å². The summed E-state index contributed by atoms with van der Waals surface area (Å²) in [4.78, 5) is 16.2. The highest BCUT2D eigenvalue weighted by Gasteiger charge is 2.28. The zero-order valence-electron chi connectivity index (χ0n) is 14.9. The van der Waals surface area contributed by atoms with Crippen LogP contribution in [0, 0.1) is 0 Å². The van der Waals surface area contributed by atoms with Crippen LogP contribution >= 0.6 is 0 Å². The molecule has 3 rings (SSSR count). The Morgan fingerprint density at radius 2 is 1.88 bits per heavy atom. The van der Waals surface area contributed by atoms with Crippen molar-refractivity contribution in [3.8, 4) is 0 Å². The van der Waals surface area contributed by atoms with Gasteiger partial charge in [0.15, 0.2) is 0 Å². The summed E-state index contributed by atoms with van der Waals surface area (Å²) < 4.78 is 7.38. The Kier molecular flexibility index (Phi) is 5.71. The van der Waals surface area contributed by atoms with E-state index in [4.69, 9.17) is 4.74 Å². The van der Waals surface area contributed by atoms with Gasteiger partial charge in [0.25, 0.3) is 0 Å². The van der Waals surface area contributed by atoms with Crippen LogP contribution in [0.4, 0.5) is 4.79 Å². The number of carbonyl (C=O) groups excluding carboxylic acids is 1. The third kappa shape index (κ3) is 3.88. The van der Waals surface area contributed by atoms with Crippen molar-refractivity contribution in [3.63, 3.8) is 0 Å². The molecular weight excluding hydrogens is 306 g/mol. The highest BCUT2D eigenvalue weighted by atomic mass is 16.6. The summed E-state index contributed by atoms with van der Waals surface area (Å²) in [7, 11) is 2.07. The molecule has 0 saturated carbocycles. The minimum atomic E-state index is -0.178. The number of aromatic nitrogens is 3. The number of amides is 1. The van der Waals surface area contributed by atoms with Crippen LogP contribution in [-0.4, -0.2) is 63.4 Å². The molecule has 2 aliphatic heterocycles. The topological polar surface area (TPSA) is 63.5 Å². The first-order valence-electron chi connectivity index (χ1n) is 9.21. The maximum atomic E-state index is 11.9. The largest absolute Gasteiger partial charge is 0.449 e. The molecule has 0 bridgehead atoms. The number of hydrogen-bond acceptors (Lipinski definition) is 5.